The number of ether oxygens (including phenoxy) is 2. The number of hydrogen-bond acceptors (Lipinski definition) is 4. The van der Waals surface area contributed by atoms with E-state index in [2.05, 4.69) is 33.8 Å². The van der Waals surface area contributed by atoms with E-state index in [1.165, 1.54) is 12.8 Å². The van der Waals surface area contributed by atoms with Gasteiger partial charge in [0, 0.05) is 32.7 Å². The summed E-state index contributed by atoms with van der Waals surface area (Å²) in [5.74, 6) is 2.36. The van der Waals surface area contributed by atoms with Crippen molar-refractivity contribution < 1.29 is 9.47 Å². The summed E-state index contributed by atoms with van der Waals surface area (Å²) in [5, 5.41) is 0. The van der Waals surface area contributed by atoms with Gasteiger partial charge in [0.2, 0.25) is 0 Å². The lowest BCUT2D eigenvalue weighted by Crippen LogP contribution is -2.42. The van der Waals surface area contributed by atoms with Crippen molar-refractivity contribution in [2.24, 2.45) is 16.6 Å². The van der Waals surface area contributed by atoms with Gasteiger partial charge >= 0.3 is 0 Å². The van der Waals surface area contributed by atoms with Gasteiger partial charge in [-0.1, -0.05) is 19.1 Å². The minimum Gasteiger partial charge on any atom is -0.492 e. The van der Waals surface area contributed by atoms with Crippen LogP contribution in [0.25, 0.3) is 0 Å². The molecule has 0 radical (unpaired) electrons. The lowest BCUT2D eigenvalue weighted by Gasteiger charge is -2.31. The zero-order valence-corrected chi connectivity index (χ0v) is 15.9. The van der Waals surface area contributed by atoms with Crippen molar-refractivity contribution in [2.75, 3.05) is 52.5 Å². The van der Waals surface area contributed by atoms with Gasteiger partial charge < -0.3 is 20.1 Å². The molecule has 3 rings (SSSR count). The van der Waals surface area contributed by atoms with E-state index in [1.54, 1.807) is 0 Å². The first-order valence-corrected chi connectivity index (χ1v) is 9.77. The van der Waals surface area contributed by atoms with Crippen LogP contribution in [-0.2, 0) is 11.3 Å². The van der Waals surface area contributed by atoms with Crippen LogP contribution in [0.5, 0.6) is 5.75 Å². The Morgan fingerprint density at radius 2 is 2.00 bits per heavy atom. The summed E-state index contributed by atoms with van der Waals surface area (Å²) in [6, 6.07) is 8.16. The molecule has 0 bridgehead atoms. The number of nitrogens with two attached hydrogens (primary N) is 1. The monoisotopic (exact) mass is 360 g/mol. The minimum absolute atomic E-state index is 0.596. The Bertz CT molecular complexity index is 579. The molecule has 2 heterocycles. The molecule has 6 nitrogen and oxygen atoms in total. The number of morpholine rings is 1. The lowest BCUT2D eigenvalue weighted by molar-refractivity contribution is 0.0322. The molecule has 0 saturated carbocycles. The predicted molar refractivity (Wildman–Crippen MR) is 104 cm³/mol. The van der Waals surface area contributed by atoms with Gasteiger partial charge in [0.05, 0.1) is 19.8 Å². The van der Waals surface area contributed by atoms with E-state index in [-0.39, 0.29) is 0 Å². The molecule has 2 aliphatic rings. The summed E-state index contributed by atoms with van der Waals surface area (Å²) >= 11 is 0. The van der Waals surface area contributed by atoms with Crippen LogP contribution in [0, 0.1) is 5.92 Å². The average Bonchev–Trinajstić information content (AvgIpc) is 2.68. The van der Waals surface area contributed by atoms with Crippen molar-refractivity contribution in [3.05, 3.63) is 29.8 Å². The van der Waals surface area contributed by atoms with Gasteiger partial charge in [0.25, 0.3) is 0 Å². The minimum atomic E-state index is 0.596. The van der Waals surface area contributed by atoms with Crippen LogP contribution in [0.3, 0.4) is 0 Å². The number of benzene rings is 1. The summed E-state index contributed by atoms with van der Waals surface area (Å²) in [5.41, 5.74) is 7.30. The number of likely N-dealkylation sites (tertiary alicyclic amines) is 1. The van der Waals surface area contributed by atoms with Crippen LogP contribution in [0.2, 0.25) is 0 Å². The van der Waals surface area contributed by atoms with E-state index in [0.29, 0.717) is 19.1 Å². The summed E-state index contributed by atoms with van der Waals surface area (Å²) < 4.78 is 11.3. The van der Waals surface area contributed by atoms with Crippen molar-refractivity contribution in [3.63, 3.8) is 0 Å². The maximum absolute atomic E-state index is 6.17. The second-order valence-electron chi connectivity index (χ2n) is 7.29. The van der Waals surface area contributed by atoms with Gasteiger partial charge in [0.15, 0.2) is 5.96 Å². The molecule has 1 aromatic rings. The molecule has 1 aromatic carbocycles. The average molecular weight is 361 g/mol. The summed E-state index contributed by atoms with van der Waals surface area (Å²) in [4.78, 5) is 9.15. The number of rotatable bonds is 6. The van der Waals surface area contributed by atoms with Gasteiger partial charge in [-0.05, 0) is 36.5 Å². The fourth-order valence-electron chi connectivity index (χ4n) is 3.36. The molecule has 0 spiro atoms. The maximum atomic E-state index is 6.17. The number of nitrogens with zero attached hydrogens (tertiary/aromatic N) is 3. The molecule has 144 valence electrons. The summed E-state index contributed by atoms with van der Waals surface area (Å²) in [6.45, 7) is 10.2. The topological polar surface area (TPSA) is 63.3 Å². The lowest BCUT2D eigenvalue weighted by atomic mass is 10.00. The van der Waals surface area contributed by atoms with Crippen molar-refractivity contribution in [1.82, 2.24) is 9.80 Å². The van der Waals surface area contributed by atoms with Gasteiger partial charge in [-0.25, -0.2) is 4.99 Å². The molecule has 2 saturated heterocycles. The molecule has 2 N–H and O–H groups in total. The largest absolute Gasteiger partial charge is 0.492 e. The van der Waals surface area contributed by atoms with Crippen molar-refractivity contribution in [3.8, 4) is 5.75 Å². The van der Waals surface area contributed by atoms with Crippen LogP contribution < -0.4 is 10.5 Å². The first-order chi connectivity index (χ1) is 12.7. The molecule has 0 unspecified atom stereocenters. The van der Waals surface area contributed by atoms with Crippen LogP contribution in [0.1, 0.15) is 25.3 Å². The smallest absolute Gasteiger partial charge is 0.191 e. The number of piperidine rings is 1. The Kier molecular flexibility index (Phi) is 7.14. The highest BCUT2D eigenvalue weighted by Crippen LogP contribution is 2.17. The molecular formula is C20H32N4O2. The van der Waals surface area contributed by atoms with Gasteiger partial charge in [-0.3, -0.25) is 4.90 Å². The zero-order valence-electron chi connectivity index (χ0n) is 15.9. The number of hydrogen-bond donors (Lipinski definition) is 1. The second-order valence-corrected chi connectivity index (χ2v) is 7.29. The first kappa shape index (κ1) is 19.0. The highest BCUT2D eigenvalue weighted by Gasteiger charge is 2.16. The molecule has 0 atom stereocenters. The molecule has 2 aliphatic heterocycles. The quantitative estimate of drug-likeness (QED) is 0.620. The molecule has 0 aliphatic carbocycles. The molecule has 2 fully saturated rings. The number of guanidine groups is 1. The van der Waals surface area contributed by atoms with Crippen LogP contribution in [0.4, 0.5) is 0 Å². The Balaban J connectivity index is 1.45. The molecule has 0 aromatic heterocycles. The SMILES string of the molecule is CC1CCN(C(N)=NCc2cccc(OCCN3CCOCC3)c2)CC1. The summed E-state index contributed by atoms with van der Waals surface area (Å²) in [6.07, 6.45) is 2.39. The van der Waals surface area contributed by atoms with Gasteiger partial charge in [0.1, 0.15) is 12.4 Å². The fourth-order valence-corrected chi connectivity index (χ4v) is 3.36. The highest BCUT2D eigenvalue weighted by atomic mass is 16.5. The summed E-state index contributed by atoms with van der Waals surface area (Å²) in [7, 11) is 0. The Labute approximate surface area is 157 Å². The third-order valence-electron chi connectivity index (χ3n) is 5.21. The highest BCUT2D eigenvalue weighted by molar-refractivity contribution is 5.78. The third kappa shape index (κ3) is 5.88. The van der Waals surface area contributed by atoms with E-state index >= 15 is 0 Å². The predicted octanol–water partition coefficient (Wildman–Crippen LogP) is 1.94. The van der Waals surface area contributed by atoms with Crippen molar-refractivity contribution in [2.45, 2.75) is 26.3 Å². The van der Waals surface area contributed by atoms with Crippen molar-refractivity contribution in [1.29, 1.82) is 0 Å². The van der Waals surface area contributed by atoms with Crippen LogP contribution in [0.15, 0.2) is 29.3 Å². The van der Waals surface area contributed by atoms with E-state index in [1.807, 2.05) is 12.1 Å². The van der Waals surface area contributed by atoms with Crippen molar-refractivity contribution >= 4 is 5.96 Å². The van der Waals surface area contributed by atoms with Crippen LogP contribution in [-0.4, -0.2) is 68.3 Å². The van der Waals surface area contributed by atoms with E-state index in [9.17, 15) is 0 Å². The Hall–Kier alpha value is -1.79. The van der Waals surface area contributed by atoms with E-state index in [4.69, 9.17) is 15.2 Å². The van der Waals surface area contributed by atoms with Gasteiger partial charge in [-0.2, -0.15) is 0 Å². The molecular weight excluding hydrogens is 328 g/mol. The van der Waals surface area contributed by atoms with E-state index in [0.717, 1.165) is 63.2 Å². The van der Waals surface area contributed by atoms with Crippen LogP contribution >= 0.6 is 0 Å². The van der Waals surface area contributed by atoms with E-state index < -0.39 is 0 Å². The standard InChI is InChI=1S/C20H32N4O2/c1-17-5-7-24(8-6-17)20(21)22-16-18-3-2-4-19(15-18)26-14-11-23-9-12-25-13-10-23/h2-4,15,17H,5-14,16H2,1H3,(H2,21,22). The number of aliphatic imine (C=N–C) groups is 1. The second kappa shape index (κ2) is 9.78. The normalized spacial score (nSPS) is 20.3. The molecule has 0 amide bonds. The Morgan fingerprint density at radius 1 is 1.23 bits per heavy atom. The fraction of sp³-hybridized carbons (Fsp3) is 0.650. The Morgan fingerprint density at radius 3 is 2.77 bits per heavy atom. The first-order valence-electron chi connectivity index (χ1n) is 9.77. The van der Waals surface area contributed by atoms with Gasteiger partial charge in [-0.15, -0.1) is 0 Å². The molecule has 26 heavy (non-hydrogen) atoms. The molecule has 6 heteroatoms. The maximum Gasteiger partial charge on any atom is 0.191 e. The zero-order chi connectivity index (χ0) is 18.2. The third-order valence-corrected chi connectivity index (χ3v) is 5.21.